The van der Waals surface area contributed by atoms with Gasteiger partial charge in [-0.3, -0.25) is 24.6 Å². The molecule has 1 amide bonds. The lowest BCUT2D eigenvalue weighted by atomic mass is 9.90. The Morgan fingerprint density at radius 1 is 0.957 bits per heavy atom. The van der Waals surface area contributed by atoms with Crippen molar-refractivity contribution in [1.29, 1.82) is 0 Å². The lowest BCUT2D eigenvalue weighted by Gasteiger charge is -2.44. The number of ether oxygens (including phenoxy) is 2. The van der Waals surface area contributed by atoms with Crippen molar-refractivity contribution in [3.63, 3.8) is 0 Å². The first-order chi connectivity index (χ1) is 22.2. The molecule has 0 aliphatic carbocycles. The molecule has 12 heteroatoms. The van der Waals surface area contributed by atoms with Crippen LogP contribution < -0.4 is 10.2 Å². The summed E-state index contributed by atoms with van der Waals surface area (Å²) >= 11 is 0. The van der Waals surface area contributed by atoms with Crippen LogP contribution in [0.3, 0.4) is 0 Å². The number of carbonyl (C=O) groups is 2. The zero-order chi connectivity index (χ0) is 32.6. The van der Waals surface area contributed by atoms with Gasteiger partial charge in [-0.2, -0.15) is 0 Å². The maximum Gasteiger partial charge on any atom is 0.303 e. The third-order valence-electron chi connectivity index (χ3n) is 8.60. The lowest BCUT2D eigenvalue weighted by molar-refractivity contribution is -0.384. The first kappa shape index (κ1) is 33.0. The highest BCUT2D eigenvalue weighted by atomic mass is 16.7. The van der Waals surface area contributed by atoms with Crippen molar-refractivity contribution in [2.75, 3.05) is 42.9 Å². The summed E-state index contributed by atoms with van der Waals surface area (Å²) in [5, 5.41) is 32.3. The maximum atomic E-state index is 12.4. The van der Waals surface area contributed by atoms with Crippen LogP contribution in [0, 0.1) is 16.0 Å². The monoisotopic (exact) mass is 632 g/mol. The molecule has 2 heterocycles. The number of hydrogen-bond acceptors (Lipinski definition) is 9. The van der Waals surface area contributed by atoms with Gasteiger partial charge in [-0.15, -0.1) is 0 Å². The molecule has 2 fully saturated rings. The number of nitrogens with one attached hydrogen (secondary N) is 1. The maximum absolute atomic E-state index is 12.4. The zero-order valence-electron chi connectivity index (χ0n) is 25.8. The van der Waals surface area contributed by atoms with Gasteiger partial charge in [0.15, 0.2) is 6.29 Å². The van der Waals surface area contributed by atoms with Gasteiger partial charge in [-0.05, 0) is 41.8 Å². The van der Waals surface area contributed by atoms with Crippen molar-refractivity contribution < 1.29 is 34.2 Å². The van der Waals surface area contributed by atoms with Crippen LogP contribution in [0.1, 0.15) is 55.3 Å². The summed E-state index contributed by atoms with van der Waals surface area (Å²) in [7, 11) is 0. The molecule has 3 aromatic carbocycles. The molecule has 12 nitrogen and oxygen atoms in total. The van der Waals surface area contributed by atoms with Crippen LogP contribution in [-0.4, -0.2) is 70.7 Å². The van der Waals surface area contributed by atoms with Crippen LogP contribution in [0.15, 0.2) is 72.8 Å². The second kappa shape index (κ2) is 15.3. The largest absolute Gasteiger partial charge is 0.481 e. The molecule has 2 saturated heterocycles. The molecule has 0 saturated carbocycles. The summed E-state index contributed by atoms with van der Waals surface area (Å²) in [5.74, 6) is -1.19. The van der Waals surface area contributed by atoms with Crippen molar-refractivity contribution >= 4 is 28.9 Å². The van der Waals surface area contributed by atoms with Gasteiger partial charge in [0.2, 0.25) is 5.91 Å². The molecule has 0 aromatic heterocycles. The number of aliphatic hydroxyl groups excluding tert-OH is 1. The smallest absolute Gasteiger partial charge is 0.303 e. The lowest BCUT2D eigenvalue weighted by Crippen LogP contribution is -2.51. The fraction of sp³-hybridized carbons (Fsp3) is 0.412. The summed E-state index contributed by atoms with van der Waals surface area (Å²) in [6.45, 7) is 5.91. The van der Waals surface area contributed by atoms with Gasteiger partial charge < -0.3 is 29.9 Å². The summed E-state index contributed by atoms with van der Waals surface area (Å²) in [5.41, 5.74) is 4.16. The molecule has 3 N–H and O–H groups in total. The molecule has 0 bridgehead atoms. The first-order valence-electron chi connectivity index (χ1n) is 15.5. The zero-order valence-corrected chi connectivity index (χ0v) is 25.8. The standard InChI is InChI=1S/C34H40N4O8/c1-23-30(21-36-16-18-37(19-17-36)28-12-14-29(15-13-28)38(43)44)45-34(46-33(23)25-10-8-24(22-39)9-11-25)26-4-2-5-27(20-26)35-31(40)6-3-7-32(41)42/h2,4-5,8-15,20,23,30,33-34,39H,3,6-7,16-19,21-22H2,1H3,(H,35,40)(H,41,42). The van der Waals surface area contributed by atoms with Crippen LogP contribution in [-0.2, 0) is 25.7 Å². The Morgan fingerprint density at radius 2 is 1.67 bits per heavy atom. The average molecular weight is 633 g/mol. The Kier molecular flexibility index (Phi) is 11.0. The van der Waals surface area contributed by atoms with E-state index in [1.807, 2.05) is 42.5 Å². The van der Waals surface area contributed by atoms with E-state index in [1.165, 1.54) is 12.1 Å². The number of nitrogens with zero attached hydrogens (tertiary/aromatic N) is 3. The number of anilines is 2. The van der Waals surface area contributed by atoms with Crippen molar-refractivity contribution in [1.82, 2.24) is 4.90 Å². The fourth-order valence-corrected chi connectivity index (χ4v) is 5.94. The highest BCUT2D eigenvalue weighted by molar-refractivity contribution is 5.90. The number of benzene rings is 3. The second-order valence-electron chi connectivity index (χ2n) is 11.8. The van der Waals surface area contributed by atoms with Crippen LogP contribution in [0.5, 0.6) is 0 Å². The molecule has 5 rings (SSSR count). The molecular formula is C34H40N4O8. The van der Waals surface area contributed by atoms with E-state index in [1.54, 1.807) is 18.2 Å². The molecular weight excluding hydrogens is 592 g/mol. The first-order valence-corrected chi connectivity index (χ1v) is 15.5. The summed E-state index contributed by atoms with van der Waals surface area (Å²) in [6, 6.07) is 21.7. The molecule has 3 aromatic rings. The Labute approximate surface area is 267 Å². The number of aliphatic carboxylic acids is 1. The minimum atomic E-state index is -0.933. The number of carboxylic acids is 1. The third-order valence-corrected chi connectivity index (χ3v) is 8.60. The Hall–Kier alpha value is -4.36. The number of amides is 1. The van der Waals surface area contributed by atoms with Gasteiger partial charge in [-0.1, -0.05) is 43.3 Å². The van der Waals surface area contributed by atoms with Crippen LogP contribution in [0.4, 0.5) is 17.1 Å². The summed E-state index contributed by atoms with van der Waals surface area (Å²) in [6.07, 6.45) is -0.865. The average Bonchev–Trinajstić information content (AvgIpc) is 3.06. The topological polar surface area (TPSA) is 155 Å². The van der Waals surface area contributed by atoms with E-state index in [9.17, 15) is 24.8 Å². The molecule has 2 aliphatic rings. The van der Waals surface area contributed by atoms with E-state index < -0.39 is 17.2 Å². The Bertz CT molecular complexity index is 1490. The number of rotatable bonds is 12. The molecule has 4 atom stereocenters. The number of piperazine rings is 1. The quantitative estimate of drug-likeness (QED) is 0.186. The minimum absolute atomic E-state index is 0.000972. The van der Waals surface area contributed by atoms with Crippen LogP contribution >= 0.6 is 0 Å². The van der Waals surface area contributed by atoms with Crippen molar-refractivity contribution in [2.24, 2.45) is 5.92 Å². The van der Waals surface area contributed by atoms with Crippen LogP contribution in [0.25, 0.3) is 0 Å². The van der Waals surface area contributed by atoms with Crippen LogP contribution in [0.2, 0.25) is 0 Å². The molecule has 4 unspecified atom stereocenters. The summed E-state index contributed by atoms with van der Waals surface area (Å²) in [4.78, 5) is 38.5. The fourth-order valence-electron chi connectivity index (χ4n) is 5.94. The van der Waals surface area contributed by atoms with E-state index in [0.29, 0.717) is 12.2 Å². The van der Waals surface area contributed by atoms with Gasteiger partial charge >= 0.3 is 5.97 Å². The van der Waals surface area contributed by atoms with Gasteiger partial charge in [0.05, 0.1) is 23.7 Å². The third kappa shape index (κ3) is 8.46. The van der Waals surface area contributed by atoms with E-state index in [0.717, 1.165) is 48.6 Å². The number of hydrogen-bond donors (Lipinski definition) is 3. The second-order valence-corrected chi connectivity index (χ2v) is 11.8. The molecule has 2 aliphatic heterocycles. The number of nitro benzene ring substituents is 1. The van der Waals surface area contributed by atoms with Crippen molar-refractivity contribution in [3.8, 4) is 0 Å². The van der Waals surface area contributed by atoms with E-state index >= 15 is 0 Å². The number of carbonyl (C=O) groups excluding carboxylic acids is 1. The van der Waals surface area contributed by atoms with Crippen molar-refractivity contribution in [2.45, 2.75) is 51.3 Å². The molecule has 244 valence electrons. The Balaban J connectivity index is 1.28. The highest BCUT2D eigenvalue weighted by Crippen LogP contribution is 2.42. The SMILES string of the molecule is CC1C(CN2CCN(c3ccc([N+](=O)[O-])cc3)CC2)OC(c2cccc(NC(=O)CCCC(=O)O)c2)OC1c1ccc(CO)cc1. The Morgan fingerprint density at radius 3 is 2.33 bits per heavy atom. The number of carboxylic acid groups (broad SMARTS) is 1. The molecule has 0 radical (unpaired) electrons. The van der Waals surface area contributed by atoms with Crippen molar-refractivity contribution in [3.05, 3.63) is 99.6 Å². The van der Waals surface area contributed by atoms with E-state index in [-0.39, 0.29) is 55.6 Å². The highest BCUT2D eigenvalue weighted by Gasteiger charge is 2.39. The van der Waals surface area contributed by atoms with E-state index in [4.69, 9.17) is 14.6 Å². The summed E-state index contributed by atoms with van der Waals surface area (Å²) < 4.78 is 13.2. The minimum Gasteiger partial charge on any atom is -0.481 e. The predicted molar refractivity (Wildman–Crippen MR) is 171 cm³/mol. The van der Waals surface area contributed by atoms with Gasteiger partial charge in [-0.25, -0.2) is 0 Å². The number of non-ortho nitro benzene ring substituents is 1. The van der Waals surface area contributed by atoms with Gasteiger partial charge in [0.1, 0.15) is 0 Å². The molecule has 0 spiro atoms. The van der Waals surface area contributed by atoms with Gasteiger partial charge in [0, 0.05) is 80.6 Å². The normalized spacial score (nSPS) is 21.9. The number of aliphatic hydroxyl groups is 1. The number of nitro groups is 1. The van der Waals surface area contributed by atoms with E-state index in [2.05, 4.69) is 22.0 Å². The predicted octanol–water partition coefficient (Wildman–Crippen LogP) is 4.89. The van der Waals surface area contributed by atoms with Gasteiger partial charge in [0.25, 0.3) is 5.69 Å². The molecule has 46 heavy (non-hydrogen) atoms.